The summed E-state index contributed by atoms with van der Waals surface area (Å²) in [5, 5.41) is 0. The molecule has 4 rings (SSSR count). The number of benzene rings is 1. The Balaban J connectivity index is 1.43. The summed E-state index contributed by atoms with van der Waals surface area (Å²) in [4.78, 5) is 20.4. The average Bonchev–Trinajstić information content (AvgIpc) is 3.16. The molecular formula is C23H32N2O2S2. The van der Waals surface area contributed by atoms with E-state index in [0.29, 0.717) is 30.4 Å². The summed E-state index contributed by atoms with van der Waals surface area (Å²) in [5.74, 6) is 1.71. The lowest BCUT2D eigenvalue weighted by molar-refractivity contribution is -0.135. The highest BCUT2D eigenvalue weighted by Crippen LogP contribution is 2.34. The van der Waals surface area contributed by atoms with Crippen LogP contribution in [-0.4, -0.2) is 40.2 Å². The van der Waals surface area contributed by atoms with Gasteiger partial charge in [-0.2, -0.15) is 0 Å². The zero-order valence-corrected chi connectivity index (χ0v) is 19.0. The molecule has 158 valence electrons. The van der Waals surface area contributed by atoms with Crippen LogP contribution in [0.1, 0.15) is 71.1 Å². The number of thiazole rings is 1. The summed E-state index contributed by atoms with van der Waals surface area (Å²) in [6.07, 6.45) is 12.5. The second-order valence-electron chi connectivity index (χ2n) is 8.22. The molecule has 0 aliphatic heterocycles. The number of aromatic nitrogens is 1. The molecule has 1 aromatic carbocycles. The summed E-state index contributed by atoms with van der Waals surface area (Å²) >= 11 is 3.27. The van der Waals surface area contributed by atoms with Crippen LogP contribution in [0.3, 0.4) is 0 Å². The van der Waals surface area contributed by atoms with Gasteiger partial charge in [0.1, 0.15) is 5.75 Å². The maximum Gasteiger partial charge on any atom is 0.233 e. The Hall–Kier alpha value is -1.27. The summed E-state index contributed by atoms with van der Waals surface area (Å²) in [7, 11) is 0. The van der Waals surface area contributed by atoms with E-state index in [1.807, 2.05) is 19.1 Å². The molecule has 6 heteroatoms. The van der Waals surface area contributed by atoms with E-state index in [1.54, 1.807) is 23.1 Å². The summed E-state index contributed by atoms with van der Waals surface area (Å²) in [5.41, 5.74) is 0.991. The fraction of sp³-hybridized carbons (Fsp3) is 0.652. The molecule has 0 radical (unpaired) electrons. The van der Waals surface area contributed by atoms with Crippen molar-refractivity contribution < 1.29 is 9.53 Å². The number of fused-ring (bicyclic) bond motifs is 1. The second kappa shape index (κ2) is 10.2. The van der Waals surface area contributed by atoms with E-state index >= 15 is 0 Å². The fourth-order valence-electron chi connectivity index (χ4n) is 4.82. The van der Waals surface area contributed by atoms with Crippen molar-refractivity contribution in [3.8, 4) is 5.75 Å². The molecule has 2 aromatic rings. The molecule has 29 heavy (non-hydrogen) atoms. The Labute approximate surface area is 182 Å². The normalized spacial score (nSPS) is 18.8. The van der Waals surface area contributed by atoms with Gasteiger partial charge in [-0.15, -0.1) is 11.3 Å². The molecule has 1 aromatic heterocycles. The molecular weight excluding hydrogens is 400 g/mol. The minimum absolute atomic E-state index is 0.322. The van der Waals surface area contributed by atoms with E-state index in [-0.39, 0.29) is 0 Å². The Morgan fingerprint density at radius 3 is 2.38 bits per heavy atom. The average molecular weight is 433 g/mol. The monoisotopic (exact) mass is 432 g/mol. The van der Waals surface area contributed by atoms with Gasteiger partial charge in [0.15, 0.2) is 4.34 Å². The predicted molar refractivity (Wildman–Crippen MR) is 122 cm³/mol. The summed E-state index contributed by atoms with van der Waals surface area (Å²) in [6, 6.07) is 6.96. The number of amides is 1. The first-order valence-electron chi connectivity index (χ1n) is 11.2. The van der Waals surface area contributed by atoms with Crippen molar-refractivity contribution in [3.63, 3.8) is 0 Å². The number of rotatable bonds is 7. The molecule has 1 heterocycles. The van der Waals surface area contributed by atoms with E-state index in [0.717, 1.165) is 20.3 Å². The third-order valence-electron chi connectivity index (χ3n) is 6.19. The maximum absolute atomic E-state index is 13.3. The van der Waals surface area contributed by atoms with E-state index in [1.165, 1.54) is 64.2 Å². The van der Waals surface area contributed by atoms with Gasteiger partial charge in [-0.3, -0.25) is 4.79 Å². The Kier molecular flexibility index (Phi) is 7.35. The molecule has 0 bridgehead atoms. The number of hydrogen-bond donors (Lipinski definition) is 0. The van der Waals surface area contributed by atoms with Crippen LogP contribution >= 0.6 is 23.1 Å². The van der Waals surface area contributed by atoms with Crippen LogP contribution in [0.25, 0.3) is 10.2 Å². The van der Waals surface area contributed by atoms with Crippen LogP contribution in [0.15, 0.2) is 22.5 Å². The molecule has 0 spiro atoms. The van der Waals surface area contributed by atoms with Crippen molar-refractivity contribution in [3.05, 3.63) is 18.2 Å². The first-order chi connectivity index (χ1) is 14.2. The molecule has 2 fully saturated rings. The smallest absolute Gasteiger partial charge is 0.233 e. The third kappa shape index (κ3) is 5.26. The van der Waals surface area contributed by atoms with E-state index in [2.05, 4.69) is 11.0 Å². The maximum atomic E-state index is 13.3. The molecule has 4 nitrogen and oxygen atoms in total. The van der Waals surface area contributed by atoms with Crippen LogP contribution in [0.5, 0.6) is 5.75 Å². The molecule has 0 unspecified atom stereocenters. The van der Waals surface area contributed by atoms with Gasteiger partial charge in [0, 0.05) is 12.1 Å². The molecule has 2 aliphatic rings. The van der Waals surface area contributed by atoms with Crippen LogP contribution < -0.4 is 4.74 Å². The third-order valence-corrected chi connectivity index (χ3v) is 8.34. The van der Waals surface area contributed by atoms with Crippen molar-refractivity contribution in [1.82, 2.24) is 9.88 Å². The van der Waals surface area contributed by atoms with Gasteiger partial charge in [-0.1, -0.05) is 50.3 Å². The highest BCUT2D eigenvalue weighted by Gasteiger charge is 2.32. The Morgan fingerprint density at radius 2 is 1.76 bits per heavy atom. The van der Waals surface area contributed by atoms with Crippen LogP contribution in [0.2, 0.25) is 0 Å². The first-order valence-corrected chi connectivity index (χ1v) is 13.0. The van der Waals surface area contributed by atoms with Gasteiger partial charge in [0.05, 0.1) is 22.6 Å². The van der Waals surface area contributed by atoms with E-state index < -0.39 is 0 Å². The second-order valence-corrected chi connectivity index (χ2v) is 10.5. The van der Waals surface area contributed by atoms with Gasteiger partial charge >= 0.3 is 0 Å². The van der Waals surface area contributed by atoms with Crippen molar-refractivity contribution in [1.29, 1.82) is 0 Å². The van der Waals surface area contributed by atoms with Crippen molar-refractivity contribution >= 4 is 39.2 Å². The standard InChI is InChI=1S/C23H32N2O2S2/c1-2-27-19-13-14-20-21(15-19)29-23(24-20)28-16-22(26)25(17-9-5-3-6-10-17)18-11-7-4-8-12-18/h13-15,17-18H,2-12,16H2,1H3. The van der Waals surface area contributed by atoms with Gasteiger partial charge < -0.3 is 9.64 Å². The van der Waals surface area contributed by atoms with Crippen LogP contribution in [-0.2, 0) is 4.79 Å². The molecule has 1 amide bonds. The summed E-state index contributed by atoms with van der Waals surface area (Å²) < 4.78 is 7.71. The van der Waals surface area contributed by atoms with Crippen molar-refractivity contribution in [2.24, 2.45) is 0 Å². The number of thioether (sulfide) groups is 1. The lowest BCUT2D eigenvalue weighted by Gasteiger charge is -2.41. The van der Waals surface area contributed by atoms with Crippen LogP contribution in [0.4, 0.5) is 0 Å². The van der Waals surface area contributed by atoms with Crippen LogP contribution in [0, 0.1) is 0 Å². The number of ether oxygens (including phenoxy) is 1. The largest absolute Gasteiger partial charge is 0.494 e. The Bertz CT molecular complexity index is 792. The number of carbonyl (C=O) groups is 1. The highest BCUT2D eigenvalue weighted by atomic mass is 32.2. The molecule has 2 saturated carbocycles. The number of hydrogen-bond acceptors (Lipinski definition) is 5. The van der Waals surface area contributed by atoms with Gasteiger partial charge in [-0.05, 0) is 50.8 Å². The van der Waals surface area contributed by atoms with Gasteiger partial charge in [0.25, 0.3) is 0 Å². The zero-order valence-electron chi connectivity index (χ0n) is 17.4. The topological polar surface area (TPSA) is 42.4 Å². The molecule has 0 saturated heterocycles. The van der Waals surface area contributed by atoms with Gasteiger partial charge in [-0.25, -0.2) is 4.98 Å². The van der Waals surface area contributed by atoms with Crippen molar-refractivity contribution in [2.75, 3.05) is 12.4 Å². The molecule has 0 N–H and O–H groups in total. The number of carbonyl (C=O) groups excluding carboxylic acids is 1. The summed E-state index contributed by atoms with van der Waals surface area (Å²) in [6.45, 7) is 2.66. The number of nitrogens with zero attached hydrogens (tertiary/aromatic N) is 2. The minimum Gasteiger partial charge on any atom is -0.494 e. The van der Waals surface area contributed by atoms with E-state index in [9.17, 15) is 4.79 Å². The molecule has 2 aliphatic carbocycles. The quantitative estimate of drug-likeness (QED) is 0.483. The minimum atomic E-state index is 0.322. The van der Waals surface area contributed by atoms with Gasteiger partial charge in [0.2, 0.25) is 5.91 Å². The van der Waals surface area contributed by atoms with Crippen molar-refractivity contribution in [2.45, 2.75) is 87.6 Å². The Morgan fingerprint density at radius 1 is 1.10 bits per heavy atom. The molecule has 0 atom stereocenters. The lowest BCUT2D eigenvalue weighted by Crippen LogP contribution is -2.49. The fourth-order valence-corrected chi connectivity index (χ4v) is 6.79. The predicted octanol–water partition coefficient (Wildman–Crippen LogP) is 6.28. The zero-order chi connectivity index (χ0) is 20.1. The highest BCUT2D eigenvalue weighted by molar-refractivity contribution is 8.01. The SMILES string of the molecule is CCOc1ccc2nc(SCC(=O)N(C3CCCCC3)C3CCCCC3)sc2c1. The lowest BCUT2D eigenvalue weighted by atomic mass is 9.88. The first kappa shape index (κ1) is 21.0. The van der Waals surface area contributed by atoms with E-state index in [4.69, 9.17) is 9.72 Å².